The fraction of sp³-hybridized carbons (Fsp3) is 0.462. The summed E-state index contributed by atoms with van der Waals surface area (Å²) in [6.45, 7) is 3.79. The Morgan fingerprint density at radius 3 is 2.65 bits per heavy atom. The summed E-state index contributed by atoms with van der Waals surface area (Å²) in [5, 5.41) is 11.3. The topological polar surface area (TPSA) is 95.5 Å². The minimum atomic E-state index is -3.61. The van der Waals surface area contributed by atoms with Gasteiger partial charge in [0, 0.05) is 24.8 Å². The first-order valence-electron chi connectivity index (χ1n) is 6.38. The average molecular weight is 300 g/mol. The average Bonchev–Trinajstić information content (AvgIpc) is 2.37. The molecule has 112 valence electrons. The molecule has 1 aromatic rings. The summed E-state index contributed by atoms with van der Waals surface area (Å²) in [5.74, 6) is -0.361. The molecule has 0 unspecified atom stereocenters. The molecular weight excluding hydrogens is 280 g/mol. The van der Waals surface area contributed by atoms with Gasteiger partial charge in [0.1, 0.15) is 0 Å². The van der Waals surface area contributed by atoms with E-state index in [1.807, 2.05) is 0 Å². The Hall–Kier alpha value is -1.44. The van der Waals surface area contributed by atoms with Crippen LogP contribution in [0.25, 0.3) is 0 Å². The summed E-state index contributed by atoms with van der Waals surface area (Å²) in [6.07, 6.45) is 0.457. The van der Waals surface area contributed by atoms with Gasteiger partial charge in [-0.3, -0.25) is 4.79 Å². The fourth-order valence-electron chi connectivity index (χ4n) is 1.57. The van der Waals surface area contributed by atoms with Crippen molar-refractivity contribution in [2.24, 2.45) is 0 Å². The first-order valence-corrected chi connectivity index (χ1v) is 7.86. The zero-order valence-corrected chi connectivity index (χ0v) is 12.4. The third-order valence-electron chi connectivity index (χ3n) is 2.42. The molecule has 6 nitrogen and oxygen atoms in total. The van der Waals surface area contributed by atoms with Gasteiger partial charge in [-0.1, -0.05) is 6.07 Å². The van der Waals surface area contributed by atoms with Crippen molar-refractivity contribution in [1.29, 1.82) is 0 Å². The third kappa shape index (κ3) is 4.92. The maximum absolute atomic E-state index is 12.0. The maximum Gasteiger partial charge on any atom is 0.251 e. The summed E-state index contributed by atoms with van der Waals surface area (Å²) in [4.78, 5) is 11.9. The lowest BCUT2D eigenvalue weighted by Crippen LogP contribution is -2.30. The minimum absolute atomic E-state index is 0.00694. The van der Waals surface area contributed by atoms with Gasteiger partial charge in [-0.05, 0) is 38.5 Å². The van der Waals surface area contributed by atoms with E-state index >= 15 is 0 Å². The highest BCUT2D eigenvalue weighted by molar-refractivity contribution is 7.89. The van der Waals surface area contributed by atoms with Gasteiger partial charge in [-0.15, -0.1) is 0 Å². The van der Waals surface area contributed by atoms with Gasteiger partial charge in [0.2, 0.25) is 10.0 Å². The number of hydrogen-bond acceptors (Lipinski definition) is 4. The molecule has 0 aromatic heterocycles. The van der Waals surface area contributed by atoms with E-state index in [2.05, 4.69) is 10.0 Å². The third-order valence-corrected chi connectivity index (χ3v) is 4.07. The second-order valence-electron chi connectivity index (χ2n) is 4.64. The van der Waals surface area contributed by atoms with Crippen LogP contribution in [0, 0.1) is 0 Å². The van der Waals surface area contributed by atoms with E-state index in [4.69, 9.17) is 5.11 Å². The van der Waals surface area contributed by atoms with Crippen LogP contribution in [0.4, 0.5) is 0 Å². The SMILES string of the molecule is CC(C)NS(=O)(=O)c1cccc(C(=O)NCCCO)c1. The molecule has 7 heteroatoms. The molecule has 1 rings (SSSR count). The van der Waals surface area contributed by atoms with Crippen molar-refractivity contribution in [3.8, 4) is 0 Å². The Morgan fingerprint density at radius 1 is 1.35 bits per heavy atom. The largest absolute Gasteiger partial charge is 0.396 e. The van der Waals surface area contributed by atoms with Crippen LogP contribution in [0.1, 0.15) is 30.6 Å². The Morgan fingerprint density at radius 2 is 2.05 bits per heavy atom. The van der Waals surface area contributed by atoms with E-state index in [1.54, 1.807) is 19.9 Å². The highest BCUT2D eigenvalue weighted by atomic mass is 32.2. The molecule has 0 saturated carbocycles. The lowest BCUT2D eigenvalue weighted by molar-refractivity contribution is 0.0951. The van der Waals surface area contributed by atoms with Crippen LogP contribution >= 0.6 is 0 Å². The molecule has 0 aliphatic carbocycles. The van der Waals surface area contributed by atoms with E-state index in [1.165, 1.54) is 18.2 Å². The molecular formula is C13H20N2O4S. The monoisotopic (exact) mass is 300 g/mol. The van der Waals surface area contributed by atoms with Crippen molar-refractivity contribution in [2.75, 3.05) is 13.2 Å². The Balaban J connectivity index is 2.88. The number of sulfonamides is 1. The van der Waals surface area contributed by atoms with Crippen molar-refractivity contribution in [3.05, 3.63) is 29.8 Å². The van der Waals surface area contributed by atoms with Gasteiger partial charge in [0.05, 0.1) is 4.90 Å². The molecule has 0 aliphatic heterocycles. The normalized spacial score (nSPS) is 11.6. The molecule has 0 spiro atoms. The number of rotatable bonds is 7. The zero-order valence-electron chi connectivity index (χ0n) is 11.6. The minimum Gasteiger partial charge on any atom is -0.396 e. The molecule has 0 bridgehead atoms. The van der Waals surface area contributed by atoms with Gasteiger partial charge in [-0.2, -0.15) is 0 Å². The molecule has 0 atom stereocenters. The van der Waals surface area contributed by atoms with E-state index in [-0.39, 0.29) is 29.0 Å². The molecule has 3 N–H and O–H groups in total. The quantitative estimate of drug-likeness (QED) is 0.638. The van der Waals surface area contributed by atoms with Crippen LogP contribution in [0.3, 0.4) is 0 Å². The number of hydrogen-bond donors (Lipinski definition) is 3. The van der Waals surface area contributed by atoms with Crippen molar-refractivity contribution >= 4 is 15.9 Å². The van der Waals surface area contributed by atoms with Crippen LogP contribution in [0.2, 0.25) is 0 Å². The summed E-state index contributed by atoms with van der Waals surface area (Å²) in [5.41, 5.74) is 0.273. The first kappa shape index (κ1) is 16.6. The molecule has 1 aromatic carbocycles. The Bertz CT molecular complexity index is 555. The number of nitrogens with one attached hydrogen (secondary N) is 2. The zero-order chi connectivity index (χ0) is 15.2. The van der Waals surface area contributed by atoms with E-state index in [0.29, 0.717) is 13.0 Å². The predicted molar refractivity (Wildman–Crippen MR) is 75.9 cm³/mol. The van der Waals surface area contributed by atoms with Gasteiger partial charge in [0.25, 0.3) is 5.91 Å². The lowest BCUT2D eigenvalue weighted by Gasteiger charge is -2.10. The number of carbonyl (C=O) groups is 1. The Kier molecular flexibility index (Phi) is 6.12. The van der Waals surface area contributed by atoms with E-state index in [9.17, 15) is 13.2 Å². The molecule has 0 radical (unpaired) electrons. The molecule has 0 fully saturated rings. The van der Waals surface area contributed by atoms with Crippen LogP contribution in [0.15, 0.2) is 29.2 Å². The summed E-state index contributed by atoms with van der Waals surface area (Å²) < 4.78 is 26.5. The molecule has 20 heavy (non-hydrogen) atoms. The smallest absolute Gasteiger partial charge is 0.251 e. The predicted octanol–water partition coefficient (Wildman–Crippen LogP) is 0.486. The van der Waals surface area contributed by atoms with Crippen LogP contribution in [0.5, 0.6) is 0 Å². The number of amides is 1. The summed E-state index contributed by atoms with van der Waals surface area (Å²) in [6, 6.07) is 5.62. The second kappa shape index (κ2) is 7.37. The van der Waals surface area contributed by atoms with Gasteiger partial charge in [0.15, 0.2) is 0 Å². The fourth-order valence-corrected chi connectivity index (χ4v) is 2.86. The lowest BCUT2D eigenvalue weighted by atomic mass is 10.2. The van der Waals surface area contributed by atoms with E-state index < -0.39 is 10.0 Å². The van der Waals surface area contributed by atoms with E-state index in [0.717, 1.165) is 0 Å². The highest BCUT2D eigenvalue weighted by Gasteiger charge is 2.17. The maximum atomic E-state index is 12.0. The van der Waals surface area contributed by atoms with Gasteiger partial charge < -0.3 is 10.4 Å². The van der Waals surface area contributed by atoms with Crippen molar-refractivity contribution < 1.29 is 18.3 Å². The van der Waals surface area contributed by atoms with Crippen molar-refractivity contribution in [1.82, 2.24) is 10.0 Å². The molecule has 1 amide bonds. The first-order chi connectivity index (χ1) is 9.36. The number of carbonyl (C=O) groups excluding carboxylic acids is 1. The summed E-state index contributed by atoms with van der Waals surface area (Å²) >= 11 is 0. The standard InChI is InChI=1S/C13H20N2O4S/c1-10(2)15-20(18,19)12-6-3-5-11(9-12)13(17)14-7-4-8-16/h3,5-6,9-10,15-16H,4,7-8H2,1-2H3,(H,14,17). The second-order valence-corrected chi connectivity index (χ2v) is 6.35. The number of benzene rings is 1. The van der Waals surface area contributed by atoms with Crippen LogP contribution in [-0.4, -0.2) is 38.6 Å². The van der Waals surface area contributed by atoms with Gasteiger partial charge >= 0.3 is 0 Å². The number of aliphatic hydroxyl groups excluding tert-OH is 1. The number of aliphatic hydroxyl groups is 1. The van der Waals surface area contributed by atoms with Crippen molar-refractivity contribution in [2.45, 2.75) is 31.2 Å². The summed E-state index contributed by atoms with van der Waals surface area (Å²) in [7, 11) is -3.61. The van der Waals surface area contributed by atoms with Crippen LogP contribution in [-0.2, 0) is 10.0 Å². The molecule has 0 aliphatic rings. The van der Waals surface area contributed by atoms with Crippen LogP contribution < -0.4 is 10.0 Å². The Labute approximate surface area is 119 Å². The molecule has 0 saturated heterocycles. The van der Waals surface area contributed by atoms with Gasteiger partial charge in [-0.25, -0.2) is 13.1 Å². The molecule has 0 heterocycles. The highest BCUT2D eigenvalue weighted by Crippen LogP contribution is 2.12. The van der Waals surface area contributed by atoms with Crippen molar-refractivity contribution in [3.63, 3.8) is 0 Å².